The van der Waals surface area contributed by atoms with Crippen LogP contribution in [0.4, 0.5) is 0 Å². The van der Waals surface area contributed by atoms with Gasteiger partial charge in [0.15, 0.2) is 0 Å². The van der Waals surface area contributed by atoms with E-state index in [2.05, 4.69) is 32.9 Å². The maximum Gasteiger partial charge on any atom is 0.257 e. The zero-order valence-electron chi connectivity index (χ0n) is 11.9. The van der Waals surface area contributed by atoms with Gasteiger partial charge in [0.25, 0.3) is 5.91 Å². The summed E-state index contributed by atoms with van der Waals surface area (Å²) in [5.41, 5.74) is 0.374. The fourth-order valence-electron chi connectivity index (χ4n) is 2.59. The summed E-state index contributed by atoms with van der Waals surface area (Å²) in [6, 6.07) is 1.81. The third-order valence-electron chi connectivity index (χ3n) is 3.77. The van der Waals surface area contributed by atoms with Gasteiger partial charge in [-0.25, -0.2) is 4.98 Å². The molecule has 21 heavy (non-hydrogen) atoms. The Morgan fingerprint density at radius 2 is 2.24 bits per heavy atom. The molecule has 2 rings (SSSR count). The number of hydrogen-bond donors (Lipinski definition) is 1. The number of hydrogen-bond acceptors (Lipinski definition) is 4. The van der Waals surface area contributed by atoms with E-state index in [4.69, 9.17) is 11.6 Å². The van der Waals surface area contributed by atoms with Gasteiger partial charge in [0, 0.05) is 23.3 Å². The van der Waals surface area contributed by atoms with Crippen molar-refractivity contribution in [2.24, 2.45) is 0 Å². The summed E-state index contributed by atoms with van der Waals surface area (Å²) in [6.07, 6.45) is 3.37. The highest BCUT2D eigenvalue weighted by molar-refractivity contribution is 9.10. The molecule has 5 nitrogen and oxygen atoms in total. The van der Waals surface area contributed by atoms with E-state index in [1.54, 1.807) is 17.2 Å². The summed E-state index contributed by atoms with van der Waals surface area (Å²) in [5.74, 6) is -0.169. The van der Waals surface area contributed by atoms with Gasteiger partial charge in [0.05, 0.1) is 12.2 Å². The van der Waals surface area contributed by atoms with Gasteiger partial charge in [0.1, 0.15) is 5.15 Å². The monoisotopic (exact) mass is 375 g/mol. The first-order chi connectivity index (χ1) is 10.0. The highest BCUT2D eigenvalue weighted by Gasteiger charge is 2.28. The van der Waals surface area contributed by atoms with E-state index in [-0.39, 0.29) is 23.7 Å². The van der Waals surface area contributed by atoms with E-state index in [0.717, 1.165) is 25.9 Å². The van der Waals surface area contributed by atoms with E-state index in [1.807, 2.05) is 0 Å². The Morgan fingerprint density at radius 3 is 2.86 bits per heavy atom. The van der Waals surface area contributed by atoms with Crippen LogP contribution in [0.5, 0.6) is 0 Å². The molecule has 1 N–H and O–H groups in total. The van der Waals surface area contributed by atoms with E-state index in [0.29, 0.717) is 16.6 Å². The number of aliphatic hydroxyl groups excluding tert-OH is 1. The van der Waals surface area contributed by atoms with Crippen molar-refractivity contribution in [2.75, 3.05) is 33.3 Å². The van der Waals surface area contributed by atoms with E-state index < -0.39 is 0 Å². The summed E-state index contributed by atoms with van der Waals surface area (Å²) in [4.78, 5) is 20.7. The van der Waals surface area contributed by atoms with Gasteiger partial charge in [-0.3, -0.25) is 4.79 Å². The molecule has 0 unspecified atom stereocenters. The molecule has 1 amide bonds. The van der Waals surface area contributed by atoms with Crippen LogP contribution in [0.1, 0.15) is 23.2 Å². The second kappa shape index (κ2) is 7.54. The lowest BCUT2D eigenvalue weighted by Gasteiger charge is -2.37. The molecule has 1 saturated heterocycles. The highest BCUT2D eigenvalue weighted by Crippen LogP contribution is 2.23. The topological polar surface area (TPSA) is 56.7 Å². The molecule has 1 fully saturated rings. The van der Waals surface area contributed by atoms with E-state index >= 15 is 0 Å². The van der Waals surface area contributed by atoms with Crippen LogP contribution < -0.4 is 0 Å². The van der Waals surface area contributed by atoms with Crippen LogP contribution in [0.25, 0.3) is 0 Å². The van der Waals surface area contributed by atoms with Gasteiger partial charge >= 0.3 is 0 Å². The maximum atomic E-state index is 12.7. The number of halogens is 2. The molecule has 2 heterocycles. The third-order valence-corrected chi connectivity index (χ3v) is 4.50. The summed E-state index contributed by atoms with van der Waals surface area (Å²) < 4.78 is 0.711. The molecule has 7 heteroatoms. The summed E-state index contributed by atoms with van der Waals surface area (Å²) in [6.45, 7) is 2.15. The van der Waals surface area contributed by atoms with Crippen LogP contribution in [-0.4, -0.2) is 65.1 Å². The Hall–Kier alpha value is -0.690. The lowest BCUT2D eigenvalue weighted by atomic mass is 10.0. The van der Waals surface area contributed by atoms with Crippen LogP contribution in [0.15, 0.2) is 16.7 Å². The van der Waals surface area contributed by atoms with Crippen molar-refractivity contribution >= 4 is 33.4 Å². The number of likely N-dealkylation sites (tertiary alicyclic amines) is 1. The number of nitrogens with zero attached hydrogens (tertiary/aromatic N) is 3. The van der Waals surface area contributed by atoms with Crippen molar-refractivity contribution in [1.82, 2.24) is 14.8 Å². The van der Waals surface area contributed by atoms with E-state index in [1.165, 1.54) is 0 Å². The molecule has 0 spiro atoms. The number of aliphatic hydroxyl groups is 1. The first-order valence-electron chi connectivity index (χ1n) is 6.94. The molecule has 1 aliphatic rings. The Kier molecular flexibility index (Phi) is 5.98. The smallest absolute Gasteiger partial charge is 0.257 e. The number of carbonyl (C=O) groups is 1. The minimum Gasteiger partial charge on any atom is -0.395 e. The van der Waals surface area contributed by atoms with Gasteiger partial charge in [-0.15, -0.1) is 0 Å². The van der Waals surface area contributed by atoms with Crippen LogP contribution in [0.3, 0.4) is 0 Å². The number of rotatable bonds is 4. The first kappa shape index (κ1) is 16.7. The summed E-state index contributed by atoms with van der Waals surface area (Å²) in [5, 5.41) is 9.47. The van der Waals surface area contributed by atoms with E-state index in [9.17, 15) is 9.90 Å². The van der Waals surface area contributed by atoms with Crippen LogP contribution in [0.2, 0.25) is 5.15 Å². The molecule has 0 bridgehead atoms. The van der Waals surface area contributed by atoms with Crippen molar-refractivity contribution in [1.29, 1.82) is 0 Å². The molecule has 1 aromatic rings. The number of aromatic nitrogens is 1. The molecule has 0 aliphatic carbocycles. The summed E-state index contributed by atoms with van der Waals surface area (Å²) >= 11 is 9.36. The standard InChI is InChI=1S/C14H19BrClN3O2/c1-18-4-2-11(3-5-18)19(6-7-20)14(21)12-8-10(15)9-17-13(12)16/h8-9,11,20H,2-7H2,1H3. The molecular formula is C14H19BrClN3O2. The van der Waals surface area contributed by atoms with Crippen LogP contribution >= 0.6 is 27.5 Å². The van der Waals surface area contributed by atoms with Crippen molar-refractivity contribution in [3.05, 3.63) is 27.5 Å². The third kappa shape index (κ3) is 4.16. The fraction of sp³-hybridized carbons (Fsp3) is 0.571. The van der Waals surface area contributed by atoms with Gasteiger partial charge in [0.2, 0.25) is 0 Å². The van der Waals surface area contributed by atoms with Gasteiger partial charge in [-0.2, -0.15) is 0 Å². The molecule has 1 aromatic heterocycles. The highest BCUT2D eigenvalue weighted by atomic mass is 79.9. The fourth-order valence-corrected chi connectivity index (χ4v) is 3.11. The van der Waals surface area contributed by atoms with Crippen LogP contribution in [-0.2, 0) is 0 Å². The predicted molar refractivity (Wildman–Crippen MR) is 85.6 cm³/mol. The normalized spacial score (nSPS) is 17.0. The number of carbonyl (C=O) groups excluding carboxylic acids is 1. The molecule has 0 saturated carbocycles. The predicted octanol–water partition coefficient (Wildman–Crippen LogP) is 2.03. The zero-order chi connectivity index (χ0) is 15.4. The van der Waals surface area contributed by atoms with Crippen molar-refractivity contribution in [3.8, 4) is 0 Å². The summed E-state index contributed by atoms with van der Waals surface area (Å²) in [7, 11) is 2.07. The molecular weight excluding hydrogens is 358 g/mol. The van der Waals surface area contributed by atoms with Crippen molar-refractivity contribution in [2.45, 2.75) is 18.9 Å². The lowest BCUT2D eigenvalue weighted by Crippen LogP contribution is -2.47. The Bertz CT molecular complexity index is 507. The number of pyridine rings is 1. The second-order valence-electron chi connectivity index (χ2n) is 5.25. The Morgan fingerprint density at radius 1 is 1.57 bits per heavy atom. The second-order valence-corrected chi connectivity index (χ2v) is 6.52. The SMILES string of the molecule is CN1CCC(N(CCO)C(=O)c2cc(Br)cnc2Cl)CC1. The average Bonchev–Trinajstić information content (AvgIpc) is 2.48. The molecule has 0 atom stereocenters. The molecule has 1 aliphatic heterocycles. The molecule has 0 radical (unpaired) electrons. The van der Waals surface area contributed by atoms with Crippen molar-refractivity contribution in [3.63, 3.8) is 0 Å². The Labute approximate surface area is 138 Å². The molecule has 116 valence electrons. The largest absolute Gasteiger partial charge is 0.395 e. The molecule has 0 aromatic carbocycles. The lowest BCUT2D eigenvalue weighted by molar-refractivity contribution is 0.0539. The van der Waals surface area contributed by atoms with Crippen LogP contribution in [0, 0.1) is 0 Å². The number of amides is 1. The maximum absolute atomic E-state index is 12.7. The van der Waals surface area contributed by atoms with Gasteiger partial charge in [-0.05, 0) is 55.0 Å². The first-order valence-corrected chi connectivity index (χ1v) is 8.11. The number of piperidine rings is 1. The quantitative estimate of drug-likeness (QED) is 0.817. The minimum atomic E-state index is -0.169. The van der Waals surface area contributed by atoms with Crippen molar-refractivity contribution < 1.29 is 9.90 Å². The average molecular weight is 377 g/mol. The van der Waals surface area contributed by atoms with Gasteiger partial charge < -0.3 is 14.9 Å². The zero-order valence-corrected chi connectivity index (χ0v) is 14.3. The Balaban J connectivity index is 2.20. The minimum absolute atomic E-state index is 0.0584. The van der Waals surface area contributed by atoms with Gasteiger partial charge in [-0.1, -0.05) is 11.6 Å².